The summed E-state index contributed by atoms with van der Waals surface area (Å²) in [6, 6.07) is 10.3. The van der Waals surface area contributed by atoms with Crippen molar-refractivity contribution >= 4 is 33.5 Å². The number of hydrogen-bond acceptors (Lipinski definition) is 1. The van der Waals surface area contributed by atoms with Gasteiger partial charge in [0.2, 0.25) is 0 Å². The molecule has 0 spiro atoms. The number of carboxylic acids is 1. The summed E-state index contributed by atoms with van der Waals surface area (Å²) < 4.78 is 39.7. The van der Waals surface area contributed by atoms with Gasteiger partial charge in [0.15, 0.2) is 0 Å². The summed E-state index contributed by atoms with van der Waals surface area (Å²) in [6.07, 6.45) is -4.93. The molecule has 0 aromatic heterocycles. The Hall–Kier alpha value is -1.53. The van der Waals surface area contributed by atoms with Gasteiger partial charge in [-0.3, -0.25) is 4.79 Å². The lowest BCUT2D eigenvalue weighted by molar-refractivity contribution is -0.137. The van der Waals surface area contributed by atoms with Crippen molar-refractivity contribution < 1.29 is 23.1 Å². The number of rotatable bonds is 4. The number of halogens is 5. The van der Waals surface area contributed by atoms with E-state index in [0.29, 0.717) is 10.0 Å². The molecule has 23 heavy (non-hydrogen) atoms. The van der Waals surface area contributed by atoms with Crippen LogP contribution in [0.15, 0.2) is 46.9 Å². The van der Waals surface area contributed by atoms with E-state index < -0.39 is 28.6 Å². The van der Waals surface area contributed by atoms with Gasteiger partial charge in [0.1, 0.15) is 0 Å². The Morgan fingerprint density at radius 1 is 1.22 bits per heavy atom. The molecule has 0 fully saturated rings. The number of carboxylic acid groups (broad SMARTS) is 1. The molecule has 1 N–H and O–H groups in total. The van der Waals surface area contributed by atoms with E-state index in [1.807, 2.05) is 0 Å². The van der Waals surface area contributed by atoms with Crippen LogP contribution in [0.1, 0.15) is 29.0 Å². The highest BCUT2D eigenvalue weighted by Crippen LogP contribution is 2.39. The first-order chi connectivity index (χ1) is 10.7. The maximum absolute atomic E-state index is 13.0. The van der Waals surface area contributed by atoms with E-state index in [4.69, 9.17) is 16.7 Å². The quantitative estimate of drug-likeness (QED) is 0.703. The maximum Gasteiger partial charge on any atom is 0.417 e. The zero-order valence-electron chi connectivity index (χ0n) is 11.6. The van der Waals surface area contributed by atoms with Crippen molar-refractivity contribution in [1.82, 2.24) is 0 Å². The largest absolute Gasteiger partial charge is 0.481 e. The molecule has 0 heterocycles. The Kier molecular flexibility index (Phi) is 5.37. The van der Waals surface area contributed by atoms with E-state index >= 15 is 0 Å². The molecule has 2 nitrogen and oxygen atoms in total. The normalized spacial score (nSPS) is 12.9. The van der Waals surface area contributed by atoms with Crippen LogP contribution < -0.4 is 0 Å². The van der Waals surface area contributed by atoms with Crippen LogP contribution >= 0.6 is 27.5 Å². The highest BCUT2D eigenvalue weighted by atomic mass is 79.9. The van der Waals surface area contributed by atoms with Gasteiger partial charge in [-0.25, -0.2) is 0 Å². The fourth-order valence-electron chi connectivity index (χ4n) is 2.32. The van der Waals surface area contributed by atoms with Crippen molar-refractivity contribution in [3.63, 3.8) is 0 Å². The highest BCUT2D eigenvalue weighted by Gasteiger charge is 2.34. The van der Waals surface area contributed by atoms with Gasteiger partial charge < -0.3 is 5.11 Å². The van der Waals surface area contributed by atoms with Gasteiger partial charge in [0, 0.05) is 10.4 Å². The fourth-order valence-corrected chi connectivity index (χ4v) is 3.10. The van der Waals surface area contributed by atoms with Gasteiger partial charge in [-0.2, -0.15) is 13.2 Å². The minimum absolute atomic E-state index is 0.246. The van der Waals surface area contributed by atoms with Gasteiger partial charge in [-0.15, -0.1) is 0 Å². The minimum Gasteiger partial charge on any atom is -0.481 e. The summed E-state index contributed by atoms with van der Waals surface area (Å²) in [7, 11) is 0. The molecule has 0 amide bonds. The second-order valence-electron chi connectivity index (χ2n) is 4.91. The van der Waals surface area contributed by atoms with Crippen LogP contribution in [0, 0.1) is 0 Å². The molecule has 7 heteroatoms. The molecular formula is C16H11BrClF3O2. The molecule has 0 unspecified atom stereocenters. The Morgan fingerprint density at radius 3 is 2.43 bits per heavy atom. The Bertz CT molecular complexity index is 732. The predicted molar refractivity (Wildman–Crippen MR) is 84.7 cm³/mol. The number of carbonyl (C=O) groups is 1. The molecule has 0 saturated carbocycles. The zero-order chi connectivity index (χ0) is 17.2. The van der Waals surface area contributed by atoms with E-state index in [1.54, 1.807) is 24.3 Å². The van der Waals surface area contributed by atoms with Crippen molar-refractivity contribution in [1.29, 1.82) is 0 Å². The summed E-state index contributed by atoms with van der Waals surface area (Å²) in [5, 5.41) is 8.70. The molecular weight excluding hydrogens is 397 g/mol. The molecule has 2 aromatic rings. The van der Waals surface area contributed by atoms with Crippen LogP contribution in [0.3, 0.4) is 0 Å². The molecule has 0 bridgehead atoms. The first kappa shape index (κ1) is 17.8. The van der Waals surface area contributed by atoms with Crippen LogP contribution in [-0.2, 0) is 11.0 Å². The summed E-state index contributed by atoms with van der Waals surface area (Å²) in [5.41, 5.74) is -0.125. The average Bonchev–Trinajstić information content (AvgIpc) is 2.45. The zero-order valence-corrected chi connectivity index (χ0v) is 13.9. The number of alkyl halides is 3. The van der Waals surface area contributed by atoms with E-state index in [9.17, 15) is 18.0 Å². The van der Waals surface area contributed by atoms with Crippen molar-refractivity contribution in [2.24, 2.45) is 0 Å². The summed E-state index contributed by atoms with van der Waals surface area (Å²) in [4.78, 5) is 11.2. The molecule has 0 saturated heterocycles. The third kappa shape index (κ3) is 4.26. The fraction of sp³-hybridized carbons (Fsp3) is 0.188. The van der Waals surface area contributed by atoms with Gasteiger partial charge in [0.25, 0.3) is 0 Å². The van der Waals surface area contributed by atoms with E-state index in [0.717, 1.165) is 12.1 Å². The third-order valence-electron chi connectivity index (χ3n) is 3.36. The number of hydrogen-bond donors (Lipinski definition) is 1. The molecule has 0 aliphatic carbocycles. The average molecular weight is 408 g/mol. The minimum atomic E-state index is -4.60. The Balaban J connectivity index is 2.57. The molecule has 0 aliphatic heterocycles. The lowest BCUT2D eigenvalue weighted by atomic mass is 9.87. The lowest BCUT2D eigenvalue weighted by Gasteiger charge is -2.19. The molecule has 2 aromatic carbocycles. The summed E-state index contributed by atoms with van der Waals surface area (Å²) in [5.74, 6) is -1.82. The van der Waals surface area contributed by atoms with E-state index in [-0.39, 0.29) is 12.0 Å². The van der Waals surface area contributed by atoms with Crippen LogP contribution in [0.4, 0.5) is 13.2 Å². The molecule has 1 atom stereocenters. The van der Waals surface area contributed by atoms with Crippen molar-refractivity contribution in [2.45, 2.75) is 18.5 Å². The monoisotopic (exact) mass is 406 g/mol. The first-order valence-corrected chi connectivity index (χ1v) is 7.70. The molecule has 122 valence electrons. The Labute approximate surface area is 144 Å². The SMILES string of the molecule is O=C(O)C[C@H](c1ccc(Cl)c(C(F)(F)F)c1)c1ccccc1Br. The number of aliphatic carboxylic acids is 1. The van der Waals surface area contributed by atoms with Crippen molar-refractivity contribution in [2.75, 3.05) is 0 Å². The van der Waals surface area contributed by atoms with Gasteiger partial charge in [0.05, 0.1) is 17.0 Å². The van der Waals surface area contributed by atoms with Crippen LogP contribution in [0.25, 0.3) is 0 Å². The third-order valence-corrected chi connectivity index (χ3v) is 4.41. The molecule has 0 radical (unpaired) electrons. The van der Waals surface area contributed by atoms with Crippen molar-refractivity contribution in [3.05, 3.63) is 68.7 Å². The van der Waals surface area contributed by atoms with Gasteiger partial charge in [-0.05, 0) is 29.3 Å². The van der Waals surface area contributed by atoms with Crippen LogP contribution in [0.2, 0.25) is 5.02 Å². The second kappa shape index (κ2) is 6.93. The van der Waals surface area contributed by atoms with E-state index in [2.05, 4.69) is 15.9 Å². The summed E-state index contributed by atoms with van der Waals surface area (Å²) in [6.45, 7) is 0. The number of benzene rings is 2. The smallest absolute Gasteiger partial charge is 0.417 e. The van der Waals surface area contributed by atoms with E-state index in [1.165, 1.54) is 6.07 Å². The standard InChI is InChI=1S/C16H11BrClF3O2/c17-13-4-2-1-3-10(13)11(8-15(22)23)9-5-6-14(18)12(7-9)16(19,20)21/h1-7,11H,8H2,(H,22,23)/t11-/m1/s1. The maximum atomic E-state index is 13.0. The lowest BCUT2D eigenvalue weighted by Crippen LogP contribution is -2.11. The first-order valence-electron chi connectivity index (χ1n) is 6.53. The van der Waals surface area contributed by atoms with Crippen LogP contribution in [-0.4, -0.2) is 11.1 Å². The van der Waals surface area contributed by atoms with Gasteiger partial charge >= 0.3 is 12.1 Å². The summed E-state index contributed by atoms with van der Waals surface area (Å²) >= 11 is 8.94. The van der Waals surface area contributed by atoms with Gasteiger partial charge in [-0.1, -0.05) is 51.8 Å². The molecule has 0 aliphatic rings. The Morgan fingerprint density at radius 2 is 1.87 bits per heavy atom. The van der Waals surface area contributed by atoms with Crippen LogP contribution in [0.5, 0.6) is 0 Å². The molecule has 2 rings (SSSR count). The predicted octanol–water partition coefficient (Wildman–Crippen LogP) is 5.73. The second-order valence-corrected chi connectivity index (χ2v) is 6.17. The topological polar surface area (TPSA) is 37.3 Å². The van der Waals surface area contributed by atoms with Crippen molar-refractivity contribution in [3.8, 4) is 0 Å². The highest BCUT2D eigenvalue weighted by molar-refractivity contribution is 9.10.